The number of hydrogen-bond acceptors (Lipinski definition) is 4. The van der Waals surface area contributed by atoms with Crippen molar-refractivity contribution in [2.45, 2.75) is 44.0 Å². The average Bonchev–Trinajstić information content (AvgIpc) is 2.61. The van der Waals surface area contributed by atoms with Crippen molar-refractivity contribution in [1.82, 2.24) is 10.0 Å². The van der Waals surface area contributed by atoms with E-state index in [4.69, 9.17) is 5.73 Å². The van der Waals surface area contributed by atoms with E-state index in [1.807, 2.05) is 18.2 Å². The quantitative estimate of drug-likeness (QED) is 0.643. The van der Waals surface area contributed by atoms with Gasteiger partial charge in [-0.15, -0.1) is 12.4 Å². The van der Waals surface area contributed by atoms with Crippen LogP contribution in [0, 0.1) is 6.92 Å². The first-order chi connectivity index (χ1) is 12.8. The molecule has 2 aromatic carbocycles. The summed E-state index contributed by atoms with van der Waals surface area (Å²) in [5.74, 6) is -0.268. The Bertz CT molecular complexity index is 977. The van der Waals surface area contributed by atoms with E-state index in [2.05, 4.69) is 10.0 Å². The van der Waals surface area contributed by atoms with Gasteiger partial charge in [-0.2, -0.15) is 0 Å². The summed E-state index contributed by atoms with van der Waals surface area (Å²) in [5, 5.41) is 3.07. The van der Waals surface area contributed by atoms with E-state index < -0.39 is 10.0 Å². The zero-order valence-corrected chi connectivity index (χ0v) is 17.6. The Morgan fingerprint density at radius 3 is 2.68 bits per heavy atom. The molecule has 4 N–H and O–H groups in total. The van der Waals surface area contributed by atoms with E-state index in [1.54, 1.807) is 19.9 Å². The molecule has 0 saturated heterocycles. The third kappa shape index (κ3) is 4.66. The zero-order valence-electron chi connectivity index (χ0n) is 16.0. The molecule has 2 aromatic rings. The Labute approximate surface area is 172 Å². The van der Waals surface area contributed by atoms with Gasteiger partial charge in [0.1, 0.15) is 0 Å². The number of sulfonamides is 1. The van der Waals surface area contributed by atoms with Gasteiger partial charge in [-0.3, -0.25) is 4.79 Å². The van der Waals surface area contributed by atoms with E-state index in [-0.39, 0.29) is 29.3 Å². The van der Waals surface area contributed by atoms with Crippen LogP contribution < -0.4 is 15.8 Å². The van der Waals surface area contributed by atoms with Gasteiger partial charge in [-0.05, 0) is 67.1 Å². The molecule has 152 valence electrons. The lowest BCUT2D eigenvalue weighted by Crippen LogP contribution is -2.32. The second-order valence-electron chi connectivity index (χ2n) is 6.85. The molecule has 0 fully saturated rings. The Hall–Kier alpha value is -2.09. The van der Waals surface area contributed by atoms with Crippen LogP contribution in [0.1, 0.15) is 52.9 Å². The molecule has 1 aliphatic rings. The maximum atomic E-state index is 12.9. The van der Waals surface area contributed by atoms with E-state index in [1.165, 1.54) is 12.1 Å². The molecule has 1 aliphatic carbocycles. The van der Waals surface area contributed by atoms with Gasteiger partial charge < -0.3 is 11.1 Å². The minimum absolute atomic E-state index is 0. The smallest absolute Gasteiger partial charge is 0.252 e. The Morgan fingerprint density at radius 1 is 1.21 bits per heavy atom. The summed E-state index contributed by atoms with van der Waals surface area (Å²) in [4.78, 5) is 13.0. The lowest BCUT2D eigenvalue weighted by Gasteiger charge is -2.27. The van der Waals surface area contributed by atoms with Crippen molar-refractivity contribution < 1.29 is 13.2 Å². The van der Waals surface area contributed by atoms with Gasteiger partial charge in [-0.1, -0.05) is 19.1 Å². The third-order valence-corrected chi connectivity index (χ3v) is 6.43. The summed E-state index contributed by atoms with van der Waals surface area (Å²) < 4.78 is 27.0. The SMILES string of the molecule is CCNS(=O)(=O)c1ccc(C)c(C(=O)NC2CCCc3cc(N)ccc32)c1.Cl. The number of nitrogens with one attached hydrogen (secondary N) is 2. The number of nitrogens with two attached hydrogens (primary N) is 1. The van der Waals surface area contributed by atoms with Crippen molar-refractivity contribution in [2.24, 2.45) is 0 Å². The molecule has 1 atom stereocenters. The second kappa shape index (κ2) is 8.94. The normalized spacial score (nSPS) is 16.0. The molecule has 0 bridgehead atoms. The molecular weight excluding hydrogens is 398 g/mol. The fourth-order valence-electron chi connectivity index (χ4n) is 3.51. The number of carbonyl (C=O) groups is 1. The van der Waals surface area contributed by atoms with Crippen LogP contribution in [0.3, 0.4) is 0 Å². The van der Waals surface area contributed by atoms with Crippen LogP contribution >= 0.6 is 12.4 Å². The van der Waals surface area contributed by atoms with Gasteiger partial charge in [0.05, 0.1) is 10.9 Å². The molecule has 0 aromatic heterocycles. The maximum absolute atomic E-state index is 12.9. The van der Waals surface area contributed by atoms with Gasteiger partial charge in [0, 0.05) is 17.8 Å². The highest BCUT2D eigenvalue weighted by Crippen LogP contribution is 2.31. The first kappa shape index (κ1) is 22.2. The number of fused-ring (bicyclic) bond motifs is 1. The zero-order chi connectivity index (χ0) is 19.6. The van der Waals surface area contributed by atoms with E-state index >= 15 is 0 Å². The van der Waals surface area contributed by atoms with Crippen LogP contribution in [0.25, 0.3) is 0 Å². The van der Waals surface area contributed by atoms with Crippen molar-refractivity contribution in [3.63, 3.8) is 0 Å². The number of nitrogen functional groups attached to an aromatic ring is 1. The van der Waals surface area contributed by atoms with Gasteiger partial charge in [-0.25, -0.2) is 13.1 Å². The highest BCUT2D eigenvalue weighted by Gasteiger charge is 2.24. The number of carbonyl (C=O) groups excluding carboxylic acids is 1. The van der Waals surface area contributed by atoms with E-state index in [9.17, 15) is 13.2 Å². The van der Waals surface area contributed by atoms with Gasteiger partial charge in [0.25, 0.3) is 5.91 Å². The number of amides is 1. The molecule has 0 aliphatic heterocycles. The third-order valence-electron chi connectivity index (χ3n) is 4.89. The summed E-state index contributed by atoms with van der Waals surface area (Å²) in [7, 11) is -3.61. The molecule has 1 unspecified atom stereocenters. The molecule has 3 rings (SSSR count). The lowest BCUT2D eigenvalue weighted by atomic mass is 9.87. The summed E-state index contributed by atoms with van der Waals surface area (Å²) in [6.45, 7) is 3.81. The van der Waals surface area contributed by atoms with Crippen LogP contribution in [-0.4, -0.2) is 20.9 Å². The maximum Gasteiger partial charge on any atom is 0.252 e. The number of rotatable bonds is 5. The molecule has 6 nitrogen and oxygen atoms in total. The van der Waals surface area contributed by atoms with E-state index in [0.717, 1.165) is 41.6 Å². The molecule has 8 heteroatoms. The van der Waals surface area contributed by atoms with Crippen LogP contribution in [0.15, 0.2) is 41.3 Å². The highest BCUT2D eigenvalue weighted by molar-refractivity contribution is 7.89. The largest absolute Gasteiger partial charge is 0.399 e. The van der Waals surface area contributed by atoms with E-state index in [0.29, 0.717) is 12.1 Å². The van der Waals surface area contributed by atoms with Gasteiger partial charge in [0.15, 0.2) is 0 Å². The Balaban J connectivity index is 0.00000280. The highest BCUT2D eigenvalue weighted by atomic mass is 35.5. The van der Waals surface area contributed by atoms with Crippen LogP contribution in [0.5, 0.6) is 0 Å². The lowest BCUT2D eigenvalue weighted by molar-refractivity contribution is 0.0932. The predicted molar refractivity (Wildman–Crippen MR) is 113 cm³/mol. The standard InChI is InChI=1S/C20H25N3O3S.ClH/c1-3-22-27(25,26)16-9-7-13(2)18(12-16)20(24)23-19-6-4-5-14-11-15(21)8-10-17(14)19;/h7-12,19,22H,3-6,21H2,1-2H3,(H,23,24);1H. The monoisotopic (exact) mass is 423 g/mol. The summed E-state index contributed by atoms with van der Waals surface area (Å²) >= 11 is 0. The number of aryl methyl sites for hydroxylation is 2. The molecule has 0 saturated carbocycles. The first-order valence-electron chi connectivity index (χ1n) is 9.11. The van der Waals surface area contributed by atoms with Crippen LogP contribution in [0.4, 0.5) is 5.69 Å². The summed E-state index contributed by atoms with van der Waals surface area (Å²) in [6, 6.07) is 10.3. The molecule has 1 amide bonds. The molecule has 28 heavy (non-hydrogen) atoms. The van der Waals surface area contributed by atoms with Crippen molar-refractivity contribution >= 4 is 34.0 Å². The fourth-order valence-corrected chi connectivity index (χ4v) is 4.57. The van der Waals surface area contributed by atoms with Crippen LogP contribution in [0.2, 0.25) is 0 Å². The Morgan fingerprint density at radius 2 is 1.96 bits per heavy atom. The molecule has 0 radical (unpaired) electrons. The topological polar surface area (TPSA) is 101 Å². The van der Waals surface area contributed by atoms with Crippen molar-refractivity contribution in [1.29, 1.82) is 0 Å². The molecule has 0 spiro atoms. The summed E-state index contributed by atoms with van der Waals surface area (Å²) in [6.07, 6.45) is 2.76. The Kier molecular flexibility index (Phi) is 7.09. The fraction of sp³-hybridized carbons (Fsp3) is 0.350. The van der Waals surface area contributed by atoms with Gasteiger partial charge in [0.2, 0.25) is 10.0 Å². The number of anilines is 1. The summed E-state index contributed by atoms with van der Waals surface area (Å²) in [5.41, 5.74) is 9.94. The number of hydrogen-bond donors (Lipinski definition) is 3. The molecule has 0 heterocycles. The average molecular weight is 424 g/mol. The number of halogens is 1. The van der Waals surface area contributed by atoms with Crippen molar-refractivity contribution in [2.75, 3.05) is 12.3 Å². The minimum atomic E-state index is -3.61. The van der Waals surface area contributed by atoms with Crippen LogP contribution in [-0.2, 0) is 16.4 Å². The molecular formula is C20H26ClN3O3S. The minimum Gasteiger partial charge on any atom is -0.399 e. The van der Waals surface area contributed by atoms with Crippen molar-refractivity contribution in [3.05, 3.63) is 58.7 Å². The number of benzene rings is 2. The first-order valence-corrected chi connectivity index (χ1v) is 10.6. The van der Waals surface area contributed by atoms with Crippen molar-refractivity contribution in [3.8, 4) is 0 Å². The van der Waals surface area contributed by atoms with Gasteiger partial charge >= 0.3 is 0 Å². The predicted octanol–water partition coefficient (Wildman–Crippen LogP) is 3.10. The second-order valence-corrected chi connectivity index (χ2v) is 8.62.